The monoisotopic (exact) mass is 444 g/mol. The molecule has 0 unspecified atom stereocenters. The maximum Gasteiger partial charge on any atom is 0.345 e. The fourth-order valence-corrected chi connectivity index (χ4v) is 4.41. The van der Waals surface area contributed by atoms with E-state index >= 15 is 0 Å². The predicted molar refractivity (Wildman–Crippen MR) is 131 cm³/mol. The lowest BCUT2D eigenvalue weighted by Crippen LogP contribution is -2.23. The number of aromatic carboxylic acids is 1. The number of carboxylic acids is 1. The van der Waals surface area contributed by atoms with Crippen LogP contribution in [0.5, 0.6) is 5.75 Å². The van der Waals surface area contributed by atoms with Crippen molar-refractivity contribution in [3.8, 4) is 16.9 Å². The number of rotatable bonds is 3. The molecule has 170 valence electrons. The largest absolute Gasteiger partial charge is 0.478 e. The van der Waals surface area contributed by atoms with Crippen molar-refractivity contribution in [2.45, 2.75) is 19.3 Å². The van der Waals surface area contributed by atoms with Gasteiger partial charge in [-0.2, -0.15) is 0 Å². The Labute approximate surface area is 194 Å². The lowest BCUT2D eigenvalue weighted by atomic mass is 9.74. The van der Waals surface area contributed by atoms with Gasteiger partial charge >= 0.3 is 11.9 Å². The summed E-state index contributed by atoms with van der Waals surface area (Å²) in [6, 6.07) is 16.6. The molecule has 3 aromatic carbocycles. The summed E-state index contributed by atoms with van der Waals surface area (Å²) in [6.07, 6.45) is 0. The highest BCUT2D eigenvalue weighted by atomic mass is 16.5. The molecule has 6 heteroatoms. The summed E-state index contributed by atoms with van der Waals surface area (Å²) in [4.78, 5) is 29.5. The summed E-state index contributed by atoms with van der Waals surface area (Å²) in [5.74, 6) is -1.43. The maximum atomic E-state index is 13.4. The third-order valence-corrected chi connectivity index (χ3v) is 6.34. The highest BCUT2D eigenvalue weighted by Crippen LogP contribution is 2.46. The van der Waals surface area contributed by atoms with Crippen molar-refractivity contribution in [1.29, 1.82) is 0 Å². The molecule has 1 heterocycles. The van der Waals surface area contributed by atoms with Crippen LogP contribution in [0.2, 0.25) is 0 Å². The number of fused-ring (bicyclic) bond motifs is 4. The number of hydrogen-bond donors (Lipinski definition) is 1. The molecule has 4 rings (SSSR count). The first-order valence-electron chi connectivity index (χ1n) is 10.7. The van der Waals surface area contributed by atoms with E-state index in [2.05, 4.69) is 19.9 Å². The van der Waals surface area contributed by atoms with E-state index in [0.717, 1.165) is 28.1 Å². The molecule has 0 bridgehead atoms. The third-order valence-electron chi connectivity index (χ3n) is 6.34. The summed E-state index contributed by atoms with van der Waals surface area (Å²) in [7, 11) is 7.88. The number of anilines is 2. The standard InChI is InChI=1S/C27H28N2O4/c1-27(2)21-14-16(28(3)4)10-12-18(21)19-8-7-9-20(25(30)31)24(19)26(32)33-23-13-11-17(29(5)6)15-22(23)27/h7-15H,1-6H3,(H,30,31). The van der Waals surface area contributed by atoms with Gasteiger partial charge < -0.3 is 19.6 Å². The second-order valence-corrected chi connectivity index (χ2v) is 9.25. The molecule has 0 radical (unpaired) electrons. The van der Waals surface area contributed by atoms with Crippen LogP contribution < -0.4 is 14.5 Å². The van der Waals surface area contributed by atoms with E-state index in [4.69, 9.17) is 4.74 Å². The van der Waals surface area contributed by atoms with Crippen LogP contribution in [0.15, 0.2) is 54.6 Å². The molecule has 6 nitrogen and oxygen atoms in total. The minimum atomic E-state index is -1.17. The van der Waals surface area contributed by atoms with Crippen LogP contribution in [0.3, 0.4) is 0 Å². The third kappa shape index (κ3) is 3.71. The van der Waals surface area contributed by atoms with E-state index in [0.29, 0.717) is 11.3 Å². The predicted octanol–water partition coefficient (Wildman–Crippen LogP) is 5.04. The first kappa shape index (κ1) is 22.4. The minimum absolute atomic E-state index is 0.0594. The highest BCUT2D eigenvalue weighted by Gasteiger charge is 2.35. The minimum Gasteiger partial charge on any atom is -0.478 e. The number of carboxylic acid groups (broad SMARTS) is 1. The van der Waals surface area contributed by atoms with Gasteiger partial charge in [-0.1, -0.05) is 32.0 Å². The van der Waals surface area contributed by atoms with Gasteiger partial charge in [-0.15, -0.1) is 0 Å². The lowest BCUT2D eigenvalue weighted by Gasteiger charge is -2.31. The number of hydrogen-bond acceptors (Lipinski definition) is 5. The Kier molecular flexibility index (Phi) is 5.40. The van der Waals surface area contributed by atoms with Crippen molar-refractivity contribution in [3.05, 3.63) is 76.9 Å². The Balaban J connectivity index is 2.15. The molecule has 0 spiro atoms. The zero-order chi connectivity index (χ0) is 24.1. The average molecular weight is 445 g/mol. The molecule has 0 amide bonds. The van der Waals surface area contributed by atoms with Gasteiger partial charge in [0.2, 0.25) is 0 Å². The Bertz CT molecular complexity index is 1280. The van der Waals surface area contributed by atoms with Crippen molar-refractivity contribution in [3.63, 3.8) is 0 Å². The van der Waals surface area contributed by atoms with Gasteiger partial charge in [0.05, 0.1) is 11.1 Å². The molecular weight excluding hydrogens is 416 g/mol. The van der Waals surface area contributed by atoms with Crippen LogP contribution in [0, 0.1) is 0 Å². The smallest absolute Gasteiger partial charge is 0.345 e. The van der Waals surface area contributed by atoms with Gasteiger partial charge in [0.15, 0.2) is 0 Å². The van der Waals surface area contributed by atoms with Crippen LogP contribution in [0.1, 0.15) is 45.7 Å². The highest BCUT2D eigenvalue weighted by molar-refractivity contribution is 6.08. The fraction of sp³-hybridized carbons (Fsp3) is 0.259. The van der Waals surface area contributed by atoms with E-state index < -0.39 is 17.4 Å². The molecule has 0 aromatic heterocycles. The molecule has 1 N–H and O–H groups in total. The van der Waals surface area contributed by atoms with Crippen molar-refractivity contribution < 1.29 is 19.4 Å². The molecular formula is C27H28N2O4. The summed E-state index contributed by atoms with van der Waals surface area (Å²) in [5.41, 5.74) is 4.61. The molecule has 0 aliphatic carbocycles. The first-order valence-corrected chi connectivity index (χ1v) is 10.7. The number of carbonyl (C=O) groups is 2. The van der Waals surface area contributed by atoms with Crippen molar-refractivity contribution in [2.75, 3.05) is 38.0 Å². The summed E-state index contributed by atoms with van der Waals surface area (Å²) in [6.45, 7) is 4.20. The Morgan fingerprint density at radius 1 is 0.848 bits per heavy atom. The normalized spacial score (nSPS) is 13.9. The lowest BCUT2D eigenvalue weighted by molar-refractivity contribution is 0.0667. The number of nitrogens with zero attached hydrogens (tertiary/aromatic N) is 2. The molecule has 0 saturated carbocycles. The molecule has 1 aliphatic heterocycles. The molecule has 1 aliphatic rings. The van der Waals surface area contributed by atoms with E-state index in [-0.39, 0.29) is 11.1 Å². The van der Waals surface area contributed by atoms with Crippen molar-refractivity contribution in [1.82, 2.24) is 0 Å². The van der Waals surface area contributed by atoms with E-state index in [1.165, 1.54) is 6.07 Å². The van der Waals surface area contributed by atoms with Gasteiger partial charge in [-0.25, -0.2) is 9.59 Å². The first-order chi connectivity index (χ1) is 15.5. The number of ether oxygens (including phenoxy) is 1. The summed E-state index contributed by atoms with van der Waals surface area (Å²) < 4.78 is 5.88. The number of benzene rings is 3. The van der Waals surface area contributed by atoms with Crippen LogP contribution >= 0.6 is 0 Å². The Morgan fingerprint density at radius 3 is 2.06 bits per heavy atom. The molecule has 0 atom stereocenters. The molecule has 3 aromatic rings. The van der Waals surface area contributed by atoms with Gasteiger partial charge in [-0.3, -0.25) is 0 Å². The maximum absolute atomic E-state index is 13.4. The Hall–Kier alpha value is -3.80. The van der Waals surface area contributed by atoms with E-state index in [1.54, 1.807) is 18.2 Å². The summed E-state index contributed by atoms with van der Waals surface area (Å²) >= 11 is 0. The van der Waals surface area contributed by atoms with Crippen molar-refractivity contribution >= 4 is 23.3 Å². The van der Waals surface area contributed by atoms with Crippen LogP contribution in [-0.4, -0.2) is 45.2 Å². The van der Waals surface area contributed by atoms with Crippen LogP contribution in [0.25, 0.3) is 11.1 Å². The number of esters is 1. The zero-order valence-corrected chi connectivity index (χ0v) is 19.8. The number of carbonyl (C=O) groups excluding carboxylic acids is 1. The quantitative estimate of drug-likeness (QED) is 0.451. The Morgan fingerprint density at radius 2 is 1.45 bits per heavy atom. The van der Waals surface area contributed by atoms with Gasteiger partial charge in [0, 0.05) is 50.5 Å². The molecule has 0 fully saturated rings. The average Bonchev–Trinajstić information content (AvgIpc) is 2.80. The topological polar surface area (TPSA) is 70.1 Å². The van der Waals surface area contributed by atoms with E-state index in [9.17, 15) is 14.7 Å². The molecule has 0 saturated heterocycles. The van der Waals surface area contributed by atoms with E-state index in [1.807, 2.05) is 62.3 Å². The zero-order valence-electron chi connectivity index (χ0n) is 19.8. The van der Waals surface area contributed by atoms with Gasteiger partial charge in [0.1, 0.15) is 5.75 Å². The second-order valence-electron chi connectivity index (χ2n) is 9.25. The SMILES string of the molecule is CN(C)c1ccc2c(c1)C(C)(C)c1cc(N(C)C)ccc1-c1cccc(C(=O)O)c1C(=O)O2. The van der Waals surface area contributed by atoms with Gasteiger partial charge in [0.25, 0.3) is 0 Å². The second kappa shape index (κ2) is 7.96. The van der Waals surface area contributed by atoms with Crippen LogP contribution in [0.4, 0.5) is 11.4 Å². The van der Waals surface area contributed by atoms with Crippen LogP contribution in [-0.2, 0) is 5.41 Å². The van der Waals surface area contributed by atoms with Crippen molar-refractivity contribution in [2.24, 2.45) is 0 Å². The van der Waals surface area contributed by atoms with Gasteiger partial charge in [-0.05, 0) is 53.1 Å². The summed E-state index contributed by atoms with van der Waals surface area (Å²) in [5, 5.41) is 9.83. The fourth-order valence-electron chi connectivity index (χ4n) is 4.41. The molecule has 33 heavy (non-hydrogen) atoms.